The van der Waals surface area contributed by atoms with Crippen molar-refractivity contribution in [2.75, 3.05) is 12.3 Å². The van der Waals surface area contributed by atoms with E-state index < -0.39 is 0 Å². The third-order valence-electron chi connectivity index (χ3n) is 1.92. The second kappa shape index (κ2) is 6.35. The van der Waals surface area contributed by atoms with E-state index in [0.29, 0.717) is 6.54 Å². The standard InChI is InChI=1S/C10H13N3S/c1-9-4-2-3-5-10(9)8-14-7-6-12-13-11/h2-5H,6-8H2,1H3. The van der Waals surface area contributed by atoms with E-state index in [1.165, 1.54) is 11.1 Å². The molecule has 4 heteroatoms. The summed E-state index contributed by atoms with van der Waals surface area (Å²) in [5, 5.41) is 3.49. The number of nitrogens with zero attached hydrogens (tertiary/aromatic N) is 3. The topological polar surface area (TPSA) is 48.8 Å². The molecule has 0 radical (unpaired) electrons. The lowest BCUT2D eigenvalue weighted by Gasteiger charge is -2.03. The highest BCUT2D eigenvalue weighted by Crippen LogP contribution is 2.15. The molecule has 0 saturated heterocycles. The third-order valence-corrected chi connectivity index (χ3v) is 2.90. The van der Waals surface area contributed by atoms with Gasteiger partial charge in [0.25, 0.3) is 0 Å². The first-order chi connectivity index (χ1) is 6.84. The van der Waals surface area contributed by atoms with Crippen molar-refractivity contribution in [3.05, 3.63) is 45.8 Å². The Bertz CT molecular complexity index is 332. The minimum atomic E-state index is 0.576. The van der Waals surface area contributed by atoms with Crippen molar-refractivity contribution in [2.45, 2.75) is 12.7 Å². The highest BCUT2D eigenvalue weighted by Gasteiger charge is 1.95. The van der Waals surface area contributed by atoms with Crippen molar-refractivity contribution in [3.63, 3.8) is 0 Å². The summed E-state index contributed by atoms with van der Waals surface area (Å²) < 4.78 is 0. The number of hydrogen-bond acceptors (Lipinski definition) is 2. The summed E-state index contributed by atoms with van der Waals surface area (Å²) in [5.74, 6) is 1.88. The van der Waals surface area contributed by atoms with Crippen LogP contribution in [-0.4, -0.2) is 12.3 Å². The van der Waals surface area contributed by atoms with Crippen LogP contribution < -0.4 is 0 Å². The van der Waals surface area contributed by atoms with Crippen molar-refractivity contribution in [1.29, 1.82) is 0 Å². The third kappa shape index (κ3) is 3.73. The van der Waals surface area contributed by atoms with E-state index in [1.54, 1.807) is 11.8 Å². The molecule has 0 saturated carbocycles. The van der Waals surface area contributed by atoms with Crippen molar-refractivity contribution in [1.82, 2.24) is 0 Å². The highest BCUT2D eigenvalue weighted by molar-refractivity contribution is 7.98. The first-order valence-electron chi connectivity index (χ1n) is 4.47. The van der Waals surface area contributed by atoms with Crippen LogP contribution in [0.3, 0.4) is 0 Å². The maximum atomic E-state index is 8.08. The first kappa shape index (κ1) is 11.0. The van der Waals surface area contributed by atoms with Crippen LogP contribution >= 0.6 is 11.8 Å². The van der Waals surface area contributed by atoms with Gasteiger partial charge in [0.05, 0.1) is 0 Å². The van der Waals surface area contributed by atoms with Crippen LogP contribution in [0.15, 0.2) is 29.4 Å². The van der Waals surface area contributed by atoms with Gasteiger partial charge in [-0.25, -0.2) is 0 Å². The maximum Gasteiger partial charge on any atom is 0.0348 e. The van der Waals surface area contributed by atoms with Crippen LogP contribution in [-0.2, 0) is 5.75 Å². The van der Waals surface area contributed by atoms with Crippen LogP contribution in [0.5, 0.6) is 0 Å². The second-order valence-electron chi connectivity index (χ2n) is 2.93. The summed E-state index contributed by atoms with van der Waals surface area (Å²) in [6.45, 7) is 2.69. The van der Waals surface area contributed by atoms with E-state index in [2.05, 4.69) is 35.1 Å². The Morgan fingerprint density at radius 3 is 2.93 bits per heavy atom. The van der Waals surface area contributed by atoms with E-state index in [0.717, 1.165) is 11.5 Å². The number of benzene rings is 1. The fraction of sp³-hybridized carbons (Fsp3) is 0.400. The number of thioether (sulfide) groups is 1. The molecule has 3 nitrogen and oxygen atoms in total. The van der Waals surface area contributed by atoms with Gasteiger partial charge in [0.15, 0.2) is 0 Å². The summed E-state index contributed by atoms with van der Waals surface area (Å²) >= 11 is 1.80. The monoisotopic (exact) mass is 207 g/mol. The molecular weight excluding hydrogens is 194 g/mol. The lowest BCUT2D eigenvalue weighted by atomic mass is 10.1. The zero-order valence-corrected chi connectivity index (χ0v) is 9.00. The van der Waals surface area contributed by atoms with Gasteiger partial charge in [0, 0.05) is 17.2 Å². The van der Waals surface area contributed by atoms with E-state index >= 15 is 0 Å². The minimum Gasteiger partial charge on any atom is -0.157 e. The first-order valence-corrected chi connectivity index (χ1v) is 5.63. The Kier molecular flexibility index (Phi) is 4.97. The zero-order chi connectivity index (χ0) is 10.2. The Labute approximate surface area is 88.1 Å². The second-order valence-corrected chi connectivity index (χ2v) is 4.04. The van der Waals surface area contributed by atoms with Gasteiger partial charge in [-0.3, -0.25) is 0 Å². The Morgan fingerprint density at radius 1 is 1.43 bits per heavy atom. The van der Waals surface area contributed by atoms with Crippen LogP contribution in [0.25, 0.3) is 10.4 Å². The fourth-order valence-corrected chi connectivity index (χ4v) is 2.00. The molecule has 0 fully saturated rings. The molecule has 1 aromatic rings. The number of azide groups is 1. The van der Waals surface area contributed by atoms with Gasteiger partial charge in [-0.15, -0.1) is 0 Å². The summed E-state index contributed by atoms with van der Waals surface area (Å²) in [6.07, 6.45) is 0. The van der Waals surface area contributed by atoms with Crippen molar-refractivity contribution in [3.8, 4) is 0 Å². The smallest absolute Gasteiger partial charge is 0.0348 e. The number of hydrogen-bond donors (Lipinski definition) is 0. The molecule has 0 aliphatic heterocycles. The molecule has 0 aliphatic carbocycles. The molecule has 0 aromatic heterocycles. The summed E-state index contributed by atoms with van der Waals surface area (Å²) in [6, 6.07) is 8.35. The van der Waals surface area contributed by atoms with E-state index in [9.17, 15) is 0 Å². The van der Waals surface area contributed by atoms with Crippen LogP contribution in [0.2, 0.25) is 0 Å². The van der Waals surface area contributed by atoms with Gasteiger partial charge in [-0.1, -0.05) is 29.4 Å². The largest absolute Gasteiger partial charge is 0.157 e. The molecule has 74 valence electrons. The predicted molar refractivity (Wildman–Crippen MR) is 61.4 cm³/mol. The average molecular weight is 207 g/mol. The highest BCUT2D eigenvalue weighted by atomic mass is 32.2. The fourth-order valence-electron chi connectivity index (χ4n) is 1.10. The van der Waals surface area contributed by atoms with Crippen molar-refractivity contribution >= 4 is 11.8 Å². The molecule has 0 aliphatic rings. The van der Waals surface area contributed by atoms with Crippen molar-refractivity contribution in [2.24, 2.45) is 5.11 Å². The normalized spacial score (nSPS) is 9.50. The molecule has 0 bridgehead atoms. The molecule has 0 unspecified atom stereocenters. The molecular formula is C10H13N3S. The summed E-state index contributed by atoms with van der Waals surface area (Å²) in [4.78, 5) is 2.71. The molecule has 0 atom stereocenters. The summed E-state index contributed by atoms with van der Waals surface area (Å²) in [7, 11) is 0. The van der Waals surface area contributed by atoms with Gasteiger partial charge in [0.2, 0.25) is 0 Å². The molecule has 0 amide bonds. The number of aryl methyl sites for hydroxylation is 1. The van der Waals surface area contributed by atoms with Gasteiger partial charge in [-0.05, 0) is 29.3 Å². The molecule has 1 aromatic carbocycles. The zero-order valence-electron chi connectivity index (χ0n) is 8.18. The molecule has 0 heterocycles. The SMILES string of the molecule is Cc1ccccc1CSCCN=[N+]=[N-]. The Balaban J connectivity index is 2.31. The molecule has 14 heavy (non-hydrogen) atoms. The lowest BCUT2D eigenvalue weighted by Crippen LogP contribution is -1.88. The van der Waals surface area contributed by atoms with Crippen LogP contribution in [0.1, 0.15) is 11.1 Å². The Morgan fingerprint density at radius 2 is 2.21 bits per heavy atom. The lowest BCUT2D eigenvalue weighted by molar-refractivity contribution is 1.12. The quantitative estimate of drug-likeness (QED) is 0.315. The van der Waals surface area contributed by atoms with Crippen LogP contribution in [0.4, 0.5) is 0 Å². The predicted octanol–water partition coefficient (Wildman–Crippen LogP) is 3.54. The van der Waals surface area contributed by atoms with E-state index in [1.807, 2.05) is 6.07 Å². The van der Waals surface area contributed by atoms with Gasteiger partial charge in [-0.2, -0.15) is 11.8 Å². The molecule has 0 N–H and O–H groups in total. The van der Waals surface area contributed by atoms with E-state index in [4.69, 9.17) is 5.53 Å². The Hall–Kier alpha value is -1.12. The number of rotatable bonds is 5. The van der Waals surface area contributed by atoms with Gasteiger partial charge in [0.1, 0.15) is 0 Å². The van der Waals surface area contributed by atoms with E-state index in [-0.39, 0.29) is 0 Å². The van der Waals surface area contributed by atoms with Gasteiger partial charge >= 0.3 is 0 Å². The summed E-state index contributed by atoms with van der Waals surface area (Å²) in [5.41, 5.74) is 10.8. The average Bonchev–Trinajstić information content (AvgIpc) is 2.20. The van der Waals surface area contributed by atoms with Crippen molar-refractivity contribution < 1.29 is 0 Å². The minimum absolute atomic E-state index is 0.576. The maximum absolute atomic E-state index is 8.08. The van der Waals surface area contributed by atoms with Gasteiger partial charge < -0.3 is 0 Å². The van der Waals surface area contributed by atoms with Crippen LogP contribution in [0, 0.1) is 6.92 Å². The molecule has 0 spiro atoms. The molecule has 1 rings (SSSR count).